The average molecular weight is 272 g/mol. The van der Waals surface area contributed by atoms with E-state index in [1.165, 1.54) is 0 Å². The van der Waals surface area contributed by atoms with Crippen molar-refractivity contribution in [3.05, 3.63) is 60.2 Å². The standard InChI is InChI=1S/C15H14NO2S/c17-19(18)11-10-16(12-13-6-2-1-3-7-13)14-8-4-5-9-15(14)19/h2-9H,10-12H2. The second-order valence-corrected chi connectivity index (χ2v) is 6.69. The monoisotopic (exact) mass is 272 g/mol. The van der Waals surface area contributed by atoms with E-state index in [2.05, 4.69) is 11.0 Å². The molecule has 0 fully saturated rings. The molecule has 4 heteroatoms. The van der Waals surface area contributed by atoms with Crippen LogP contribution in [0.3, 0.4) is 0 Å². The van der Waals surface area contributed by atoms with E-state index in [0.29, 0.717) is 11.4 Å². The van der Waals surface area contributed by atoms with E-state index >= 15 is 0 Å². The minimum atomic E-state index is -3.12. The van der Waals surface area contributed by atoms with Gasteiger partial charge in [0.2, 0.25) is 0 Å². The fourth-order valence-electron chi connectivity index (χ4n) is 2.35. The largest absolute Gasteiger partial charge is 0.365 e. The van der Waals surface area contributed by atoms with Crippen molar-refractivity contribution in [3.8, 4) is 0 Å². The maximum Gasteiger partial charge on any atom is 0.182 e. The summed E-state index contributed by atoms with van der Waals surface area (Å²) in [5.74, 6) is 0.184. The average Bonchev–Trinajstić information content (AvgIpc) is 2.44. The van der Waals surface area contributed by atoms with Crippen LogP contribution in [0.5, 0.6) is 0 Å². The van der Waals surface area contributed by atoms with E-state index in [9.17, 15) is 8.42 Å². The molecule has 0 amide bonds. The SMILES string of the molecule is O=S1(=O)CCN(Cc2cc[c]cc2)c2ccccc21. The summed E-state index contributed by atoms with van der Waals surface area (Å²) in [5, 5.41) is 0. The zero-order valence-corrected chi connectivity index (χ0v) is 11.2. The maximum absolute atomic E-state index is 12.0. The van der Waals surface area contributed by atoms with E-state index in [1.54, 1.807) is 12.1 Å². The van der Waals surface area contributed by atoms with Gasteiger partial charge < -0.3 is 4.90 Å². The van der Waals surface area contributed by atoms with Gasteiger partial charge >= 0.3 is 0 Å². The number of nitrogens with zero attached hydrogens (tertiary/aromatic N) is 1. The first kappa shape index (κ1) is 12.2. The van der Waals surface area contributed by atoms with Crippen LogP contribution in [0.25, 0.3) is 0 Å². The van der Waals surface area contributed by atoms with Crippen LogP contribution < -0.4 is 4.90 Å². The van der Waals surface area contributed by atoms with Crippen LogP contribution in [-0.4, -0.2) is 20.7 Å². The number of benzene rings is 2. The molecule has 19 heavy (non-hydrogen) atoms. The minimum absolute atomic E-state index is 0.184. The fraction of sp³-hybridized carbons (Fsp3) is 0.200. The van der Waals surface area contributed by atoms with E-state index in [4.69, 9.17) is 0 Å². The molecular formula is C15H14NO2S. The first-order valence-electron chi connectivity index (χ1n) is 6.18. The molecule has 0 spiro atoms. The van der Waals surface area contributed by atoms with Crippen LogP contribution in [0.15, 0.2) is 53.4 Å². The molecule has 0 atom stereocenters. The van der Waals surface area contributed by atoms with E-state index in [1.807, 2.05) is 36.4 Å². The normalized spacial score (nSPS) is 16.9. The summed E-state index contributed by atoms with van der Waals surface area (Å²) in [7, 11) is -3.12. The van der Waals surface area contributed by atoms with Crippen molar-refractivity contribution in [2.24, 2.45) is 0 Å². The van der Waals surface area contributed by atoms with Crippen molar-refractivity contribution in [2.75, 3.05) is 17.2 Å². The summed E-state index contributed by atoms with van der Waals surface area (Å²) in [6.45, 7) is 1.26. The summed E-state index contributed by atoms with van der Waals surface area (Å²) < 4.78 is 24.1. The number of fused-ring (bicyclic) bond motifs is 1. The highest BCUT2D eigenvalue weighted by Crippen LogP contribution is 2.31. The van der Waals surface area contributed by atoms with Crippen molar-refractivity contribution in [1.29, 1.82) is 0 Å². The second-order valence-electron chi connectivity index (χ2n) is 4.62. The van der Waals surface area contributed by atoms with Crippen molar-refractivity contribution in [1.82, 2.24) is 0 Å². The predicted molar refractivity (Wildman–Crippen MR) is 74.8 cm³/mol. The third kappa shape index (κ3) is 2.36. The van der Waals surface area contributed by atoms with Gasteiger partial charge in [-0.15, -0.1) is 0 Å². The molecule has 1 aliphatic heterocycles. The molecular weight excluding hydrogens is 258 g/mol. The third-order valence-electron chi connectivity index (χ3n) is 3.33. The third-order valence-corrected chi connectivity index (χ3v) is 5.07. The smallest absolute Gasteiger partial charge is 0.182 e. The number of rotatable bonds is 2. The lowest BCUT2D eigenvalue weighted by molar-refractivity contribution is 0.589. The lowest BCUT2D eigenvalue weighted by Crippen LogP contribution is -2.34. The van der Waals surface area contributed by atoms with Gasteiger partial charge in [0.25, 0.3) is 0 Å². The van der Waals surface area contributed by atoms with Crippen LogP contribution in [0.2, 0.25) is 0 Å². The Bertz CT molecular complexity index is 680. The molecule has 0 saturated heterocycles. The van der Waals surface area contributed by atoms with Crippen molar-refractivity contribution >= 4 is 15.5 Å². The van der Waals surface area contributed by atoms with Gasteiger partial charge in [0.15, 0.2) is 9.84 Å². The summed E-state index contributed by atoms with van der Waals surface area (Å²) >= 11 is 0. The van der Waals surface area contributed by atoms with Gasteiger partial charge in [-0.25, -0.2) is 8.42 Å². The van der Waals surface area contributed by atoms with Gasteiger partial charge in [-0.2, -0.15) is 0 Å². The van der Waals surface area contributed by atoms with Crippen molar-refractivity contribution in [3.63, 3.8) is 0 Å². The van der Waals surface area contributed by atoms with Crippen LogP contribution in [0.4, 0.5) is 5.69 Å². The molecule has 97 valence electrons. The fourth-order valence-corrected chi connectivity index (χ4v) is 3.84. The number of hydrogen-bond acceptors (Lipinski definition) is 3. The topological polar surface area (TPSA) is 37.4 Å². The molecule has 2 aromatic rings. The van der Waals surface area contributed by atoms with Crippen LogP contribution in [0, 0.1) is 6.07 Å². The van der Waals surface area contributed by atoms with Gasteiger partial charge in [-0.05, 0) is 23.8 Å². The number of anilines is 1. The molecule has 1 radical (unpaired) electrons. The summed E-state index contributed by atoms with van der Waals surface area (Å²) in [4.78, 5) is 2.56. The molecule has 3 nitrogen and oxygen atoms in total. The van der Waals surface area contributed by atoms with Gasteiger partial charge in [0, 0.05) is 13.1 Å². The zero-order valence-electron chi connectivity index (χ0n) is 10.4. The van der Waals surface area contributed by atoms with Crippen LogP contribution in [0.1, 0.15) is 5.56 Å². The number of para-hydroxylation sites is 1. The molecule has 0 N–H and O–H groups in total. The molecule has 1 aliphatic rings. The Morgan fingerprint density at radius 1 is 1.11 bits per heavy atom. The summed E-state index contributed by atoms with van der Waals surface area (Å²) in [6.07, 6.45) is 0. The van der Waals surface area contributed by atoms with Gasteiger partial charge in [0.1, 0.15) is 0 Å². The summed E-state index contributed by atoms with van der Waals surface area (Å²) in [6, 6.07) is 18.0. The Labute approximate surface area is 113 Å². The minimum Gasteiger partial charge on any atom is -0.365 e. The Kier molecular flexibility index (Phi) is 3.03. The molecule has 0 aromatic heterocycles. The Hall–Kier alpha value is -1.81. The van der Waals surface area contributed by atoms with Crippen molar-refractivity contribution < 1.29 is 8.42 Å². The molecule has 3 rings (SSSR count). The predicted octanol–water partition coefficient (Wildman–Crippen LogP) is 2.28. The van der Waals surface area contributed by atoms with Crippen molar-refractivity contribution in [2.45, 2.75) is 11.4 Å². The van der Waals surface area contributed by atoms with E-state index < -0.39 is 9.84 Å². The lowest BCUT2D eigenvalue weighted by Gasteiger charge is -2.31. The molecule has 0 aliphatic carbocycles. The Balaban J connectivity index is 1.97. The van der Waals surface area contributed by atoms with Crippen LogP contribution >= 0.6 is 0 Å². The Morgan fingerprint density at radius 2 is 1.84 bits per heavy atom. The van der Waals surface area contributed by atoms with Gasteiger partial charge in [-0.3, -0.25) is 0 Å². The van der Waals surface area contributed by atoms with Gasteiger partial charge in [-0.1, -0.05) is 36.4 Å². The van der Waals surface area contributed by atoms with E-state index in [0.717, 1.165) is 17.8 Å². The molecule has 0 bridgehead atoms. The summed E-state index contributed by atoms with van der Waals surface area (Å²) in [5.41, 5.74) is 1.97. The molecule has 2 aromatic carbocycles. The Morgan fingerprint density at radius 3 is 2.63 bits per heavy atom. The van der Waals surface area contributed by atoms with Gasteiger partial charge in [0.05, 0.1) is 16.3 Å². The molecule has 1 heterocycles. The molecule has 0 unspecified atom stereocenters. The highest BCUT2D eigenvalue weighted by Gasteiger charge is 2.27. The highest BCUT2D eigenvalue weighted by molar-refractivity contribution is 7.91. The first-order valence-corrected chi connectivity index (χ1v) is 7.84. The van der Waals surface area contributed by atoms with Crippen LogP contribution in [-0.2, 0) is 16.4 Å². The number of hydrogen-bond donors (Lipinski definition) is 0. The lowest BCUT2D eigenvalue weighted by atomic mass is 10.2. The maximum atomic E-state index is 12.0. The quantitative estimate of drug-likeness (QED) is 0.841. The highest BCUT2D eigenvalue weighted by atomic mass is 32.2. The molecule has 0 saturated carbocycles. The first-order chi connectivity index (χ1) is 9.17. The second kappa shape index (κ2) is 4.70. The number of sulfone groups is 1. The zero-order chi connectivity index (χ0) is 13.3. The van der Waals surface area contributed by atoms with E-state index in [-0.39, 0.29) is 5.75 Å².